The number of benzene rings is 2. The molecule has 0 fully saturated rings. The molecule has 0 radical (unpaired) electrons. The molecule has 126 valence electrons. The molecule has 0 saturated carbocycles. The summed E-state index contributed by atoms with van der Waals surface area (Å²) >= 11 is 0. The van der Waals surface area contributed by atoms with Crippen molar-refractivity contribution in [2.75, 3.05) is 24.9 Å². The minimum Gasteiger partial charge on any atom is -0.497 e. The number of hydrogen-bond donors (Lipinski definition) is 2. The Morgan fingerprint density at radius 2 is 1.54 bits per heavy atom. The third-order valence-corrected chi connectivity index (χ3v) is 3.06. The van der Waals surface area contributed by atoms with Crippen LogP contribution < -0.4 is 20.1 Å². The van der Waals surface area contributed by atoms with E-state index in [1.807, 2.05) is 5.32 Å². The first-order valence-electron chi connectivity index (χ1n) is 6.74. The first-order chi connectivity index (χ1) is 11.5. The van der Waals surface area contributed by atoms with Crippen molar-refractivity contribution in [1.82, 2.24) is 0 Å². The van der Waals surface area contributed by atoms with E-state index in [1.165, 1.54) is 26.4 Å². The summed E-state index contributed by atoms with van der Waals surface area (Å²) in [7, 11) is 2.84. The lowest BCUT2D eigenvalue weighted by atomic mass is 10.2. The fraction of sp³-hybridized carbons (Fsp3) is 0.125. The molecule has 8 heteroatoms. The number of hydrogen-bond acceptors (Lipinski definition) is 4. The maximum Gasteiger partial charge on any atom is 0.314 e. The van der Waals surface area contributed by atoms with Crippen LogP contribution in [-0.2, 0) is 9.59 Å². The minimum atomic E-state index is -1.23. The first-order valence-corrected chi connectivity index (χ1v) is 6.74. The Kier molecular flexibility index (Phi) is 5.31. The summed E-state index contributed by atoms with van der Waals surface area (Å²) in [5.41, 5.74) is -0.494. The van der Waals surface area contributed by atoms with Gasteiger partial charge in [-0.1, -0.05) is 6.07 Å². The maximum absolute atomic E-state index is 13.5. The molecule has 0 aliphatic rings. The molecule has 2 N–H and O–H groups in total. The van der Waals surface area contributed by atoms with Crippen molar-refractivity contribution >= 4 is 23.2 Å². The maximum atomic E-state index is 13.5. The Balaban J connectivity index is 2.14. The Hall–Kier alpha value is -3.16. The minimum absolute atomic E-state index is 0.201. The van der Waals surface area contributed by atoms with Crippen molar-refractivity contribution in [2.45, 2.75) is 0 Å². The molecule has 2 amide bonds. The quantitative estimate of drug-likeness (QED) is 0.842. The lowest BCUT2D eigenvalue weighted by Gasteiger charge is -2.12. The van der Waals surface area contributed by atoms with E-state index >= 15 is 0 Å². The second kappa shape index (κ2) is 7.40. The monoisotopic (exact) mass is 336 g/mol. The van der Waals surface area contributed by atoms with Gasteiger partial charge in [0.05, 0.1) is 19.9 Å². The third kappa shape index (κ3) is 3.78. The van der Waals surface area contributed by atoms with Gasteiger partial charge in [0.2, 0.25) is 0 Å². The molecular weight excluding hydrogens is 322 g/mol. The summed E-state index contributed by atoms with van der Waals surface area (Å²) in [5.74, 6) is -3.57. The zero-order valence-electron chi connectivity index (χ0n) is 12.9. The lowest BCUT2D eigenvalue weighted by Crippen LogP contribution is -2.30. The van der Waals surface area contributed by atoms with Gasteiger partial charge < -0.3 is 20.1 Å². The van der Waals surface area contributed by atoms with E-state index in [1.54, 1.807) is 6.07 Å². The molecule has 0 heterocycles. The molecule has 24 heavy (non-hydrogen) atoms. The number of halogens is 2. The van der Waals surface area contributed by atoms with Crippen molar-refractivity contribution < 1.29 is 27.8 Å². The topological polar surface area (TPSA) is 76.7 Å². The fourth-order valence-corrected chi connectivity index (χ4v) is 1.87. The zero-order valence-corrected chi connectivity index (χ0v) is 12.9. The molecular formula is C16H14F2N2O4. The van der Waals surface area contributed by atoms with E-state index in [9.17, 15) is 18.4 Å². The molecule has 0 unspecified atom stereocenters. The van der Waals surface area contributed by atoms with E-state index < -0.39 is 29.1 Å². The summed E-state index contributed by atoms with van der Waals surface area (Å²) in [6, 6.07) is 7.58. The van der Waals surface area contributed by atoms with Gasteiger partial charge in [-0.3, -0.25) is 9.59 Å². The standard InChI is InChI=1S/C16H14F2N2O4/c1-23-9-6-7-12(13(8-9)24-2)19-15(21)16(22)20-14-10(17)4-3-5-11(14)18/h3-8H,1-2H3,(H,19,21)(H,20,22). The fourth-order valence-electron chi connectivity index (χ4n) is 1.87. The number of nitrogens with one attached hydrogen (secondary N) is 2. The summed E-state index contributed by atoms with van der Waals surface area (Å²) in [4.78, 5) is 23.7. The largest absolute Gasteiger partial charge is 0.497 e. The van der Waals surface area contributed by atoms with Crippen molar-refractivity contribution in [3.63, 3.8) is 0 Å². The van der Waals surface area contributed by atoms with Gasteiger partial charge in [-0.05, 0) is 24.3 Å². The average Bonchev–Trinajstić information content (AvgIpc) is 2.58. The molecule has 2 aromatic rings. The highest BCUT2D eigenvalue weighted by Crippen LogP contribution is 2.29. The second-order valence-electron chi connectivity index (χ2n) is 4.57. The molecule has 2 rings (SSSR count). The average molecular weight is 336 g/mol. The normalized spacial score (nSPS) is 10.0. The van der Waals surface area contributed by atoms with Crippen LogP contribution in [0.3, 0.4) is 0 Å². The molecule has 0 bridgehead atoms. The third-order valence-electron chi connectivity index (χ3n) is 3.06. The number of anilines is 2. The summed E-state index contributed by atoms with van der Waals surface area (Å²) in [6.07, 6.45) is 0. The van der Waals surface area contributed by atoms with E-state index in [2.05, 4.69) is 5.32 Å². The van der Waals surface area contributed by atoms with Gasteiger partial charge in [0.1, 0.15) is 28.8 Å². The zero-order chi connectivity index (χ0) is 17.7. The number of carbonyl (C=O) groups is 2. The van der Waals surface area contributed by atoms with Crippen LogP contribution in [0.4, 0.5) is 20.2 Å². The van der Waals surface area contributed by atoms with Crippen molar-refractivity contribution in [3.05, 3.63) is 48.0 Å². The van der Waals surface area contributed by atoms with E-state index in [0.717, 1.165) is 18.2 Å². The highest BCUT2D eigenvalue weighted by Gasteiger charge is 2.19. The van der Waals surface area contributed by atoms with Gasteiger partial charge in [-0.2, -0.15) is 0 Å². The molecule has 0 saturated heterocycles. The van der Waals surface area contributed by atoms with Gasteiger partial charge in [-0.15, -0.1) is 0 Å². The van der Waals surface area contributed by atoms with Gasteiger partial charge in [-0.25, -0.2) is 8.78 Å². The predicted molar refractivity (Wildman–Crippen MR) is 83.2 cm³/mol. The molecule has 6 nitrogen and oxygen atoms in total. The highest BCUT2D eigenvalue weighted by atomic mass is 19.1. The molecule has 0 aliphatic carbocycles. The van der Waals surface area contributed by atoms with Crippen LogP contribution in [0.2, 0.25) is 0 Å². The predicted octanol–water partition coefficient (Wildman–Crippen LogP) is 2.56. The van der Waals surface area contributed by atoms with E-state index in [0.29, 0.717) is 5.75 Å². The van der Waals surface area contributed by atoms with Gasteiger partial charge in [0, 0.05) is 6.07 Å². The number of methoxy groups -OCH3 is 2. The molecule has 2 aromatic carbocycles. The molecule has 0 spiro atoms. The van der Waals surface area contributed by atoms with Crippen LogP contribution in [0.1, 0.15) is 0 Å². The Morgan fingerprint density at radius 1 is 0.917 bits per heavy atom. The van der Waals surface area contributed by atoms with Crippen molar-refractivity contribution in [3.8, 4) is 11.5 Å². The van der Waals surface area contributed by atoms with Crippen LogP contribution in [0, 0.1) is 11.6 Å². The van der Waals surface area contributed by atoms with Gasteiger partial charge in [0.15, 0.2) is 0 Å². The summed E-state index contributed by atoms with van der Waals surface area (Å²) < 4.78 is 37.1. The number of rotatable bonds is 4. The molecule has 0 atom stereocenters. The number of para-hydroxylation sites is 1. The first kappa shape index (κ1) is 17.2. The molecule has 0 aliphatic heterocycles. The lowest BCUT2D eigenvalue weighted by molar-refractivity contribution is -0.133. The highest BCUT2D eigenvalue weighted by molar-refractivity contribution is 6.43. The van der Waals surface area contributed by atoms with Crippen LogP contribution >= 0.6 is 0 Å². The van der Waals surface area contributed by atoms with Gasteiger partial charge in [0.25, 0.3) is 0 Å². The number of carbonyl (C=O) groups excluding carboxylic acids is 2. The smallest absolute Gasteiger partial charge is 0.314 e. The summed E-state index contributed by atoms with van der Waals surface area (Å²) in [5, 5.41) is 4.19. The number of ether oxygens (including phenoxy) is 2. The Morgan fingerprint density at radius 3 is 2.12 bits per heavy atom. The van der Waals surface area contributed by atoms with Gasteiger partial charge >= 0.3 is 11.8 Å². The SMILES string of the molecule is COc1ccc(NC(=O)C(=O)Nc2c(F)cccc2F)c(OC)c1. The summed E-state index contributed by atoms with van der Waals surface area (Å²) in [6.45, 7) is 0. The van der Waals surface area contributed by atoms with E-state index in [-0.39, 0.29) is 11.4 Å². The second-order valence-corrected chi connectivity index (χ2v) is 4.57. The Bertz CT molecular complexity index is 760. The Labute approximate surface area is 136 Å². The number of amides is 2. The van der Waals surface area contributed by atoms with Crippen molar-refractivity contribution in [1.29, 1.82) is 0 Å². The van der Waals surface area contributed by atoms with Crippen LogP contribution in [0.25, 0.3) is 0 Å². The van der Waals surface area contributed by atoms with Crippen LogP contribution in [-0.4, -0.2) is 26.0 Å². The molecule has 0 aromatic heterocycles. The van der Waals surface area contributed by atoms with Crippen LogP contribution in [0.5, 0.6) is 11.5 Å². The van der Waals surface area contributed by atoms with Crippen molar-refractivity contribution in [2.24, 2.45) is 0 Å². The van der Waals surface area contributed by atoms with E-state index in [4.69, 9.17) is 9.47 Å². The van der Waals surface area contributed by atoms with Crippen LogP contribution in [0.15, 0.2) is 36.4 Å².